The van der Waals surface area contributed by atoms with Gasteiger partial charge in [-0.05, 0) is 19.3 Å². The van der Waals surface area contributed by atoms with Crippen LogP contribution < -0.4 is 4.90 Å². The summed E-state index contributed by atoms with van der Waals surface area (Å²) in [4.78, 5) is 13.2. The average Bonchev–Trinajstić information content (AvgIpc) is 3.10. The monoisotopic (exact) mass is 280 g/mol. The van der Waals surface area contributed by atoms with E-state index in [1.165, 1.54) is 0 Å². The molecular formula is C13H20N4O3. The minimum absolute atomic E-state index is 0.172. The third kappa shape index (κ3) is 1.96. The molecule has 0 amide bonds. The normalized spacial score (nSPS) is 25.8. The molecule has 0 aromatic carbocycles. The first kappa shape index (κ1) is 13.4. The van der Waals surface area contributed by atoms with Crippen LogP contribution in [0.1, 0.15) is 25.5 Å². The van der Waals surface area contributed by atoms with Crippen molar-refractivity contribution in [2.24, 2.45) is 12.5 Å². The van der Waals surface area contributed by atoms with Crippen molar-refractivity contribution < 1.29 is 9.66 Å². The van der Waals surface area contributed by atoms with E-state index in [1.54, 1.807) is 11.7 Å². The Morgan fingerprint density at radius 1 is 1.50 bits per heavy atom. The maximum atomic E-state index is 11.4. The Morgan fingerprint density at radius 2 is 2.30 bits per heavy atom. The summed E-state index contributed by atoms with van der Waals surface area (Å²) in [5.74, 6) is 0.649. The van der Waals surface area contributed by atoms with Crippen molar-refractivity contribution in [1.29, 1.82) is 0 Å². The van der Waals surface area contributed by atoms with Crippen LogP contribution in [-0.2, 0) is 18.2 Å². The highest BCUT2D eigenvalue weighted by molar-refractivity contribution is 5.62. The number of anilines is 1. The first-order valence-electron chi connectivity index (χ1n) is 7.09. The van der Waals surface area contributed by atoms with Gasteiger partial charge in [-0.25, -0.2) is 4.68 Å². The number of ether oxygens (including phenoxy) is 1. The maximum absolute atomic E-state index is 11.4. The van der Waals surface area contributed by atoms with Gasteiger partial charge in [0.15, 0.2) is 0 Å². The van der Waals surface area contributed by atoms with Crippen LogP contribution in [0.25, 0.3) is 0 Å². The van der Waals surface area contributed by atoms with Crippen molar-refractivity contribution in [3.63, 3.8) is 0 Å². The van der Waals surface area contributed by atoms with Gasteiger partial charge in [0.2, 0.25) is 5.82 Å². The second-order valence-corrected chi connectivity index (χ2v) is 5.83. The zero-order valence-corrected chi connectivity index (χ0v) is 12.0. The lowest BCUT2D eigenvalue weighted by atomic mass is 9.87. The summed E-state index contributed by atoms with van der Waals surface area (Å²) in [6.45, 7) is 5.15. The molecule has 2 aliphatic rings. The standard InChI is InChI=1S/C13H20N4O3/c1-3-10-11(17(18)19)12(15(2)14-10)16-6-4-13(8-16)5-7-20-9-13/h3-9H2,1-2H3. The molecule has 1 unspecified atom stereocenters. The fourth-order valence-corrected chi connectivity index (χ4v) is 3.43. The van der Waals surface area contributed by atoms with Crippen molar-refractivity contribution in [3.8, 4) is 0 Å². The minimum atomic E-state index is -0.294. The fraction of sp³-hybridized carbons (Fsp3) is 0.769. The van der Waals surface area contributed by atoms with Gasteiger partial charge < -0.3 is 9.64 Å². The van der Waals surface area contributed by atoms with Crippen LogP contribution in [0, 0.1) is 15.5 Å². The lowest BCUT2D eigenvalue weighted by Crippen LogP contribution is -2.29. The Balaban J connectivity index is 1.94. The van der Waals surface area contributed by atoms with Gasteiger partial charge in [0.25, 0.3) is 0 Å². The van der Waals surface area contributed by atoms with Crippen molar-refractivity contribution in [1.82, 2.24) is 9.78 Å². The Kier molecular flexibility index (Phi) is 3.16. The molecule has 110 valence electrons. The second-order valence-electron chi connectivity index (χ2n) is 5.83. The molecule has 2 saturated heterocycles. The lowest BCUT2D eigenvalue weighted by molar-refractivity contribution is -0.384. The first-order chi connectivity index (χ1) is 9.56. The topological polar surface area (TPSA) is 73.4 Å². The molecule has 3 heterocycles. The van der Waals surface area contributed by atoms with Crippen LogP contribution in [-0.4, -0.2) is 41.0 Å². The van der Waals surface area contributed by atoms with E-state index >= 15 is 0 Å². The lowest BCUT2D eigenvalue weighted by Gasteiger charge is -2.22. The average molecular weight is 280 g/mol. The predicted octanol–water partition coefficient (Wildman–Crippen LogP) is 1.51. The molecule has 0 radical (unpaired) electrons. The van der Waals surface area contributed by atoms with E-state index in [1.807, 2.05) is 6.92 Å². The predicted molar refractivity (Wildman–Crippen MR) is 73.9 cm³/mol. The van der Waals surface area contributed by atoms with Gasteiger partial charge >= 0.3 is 5.69 Å². The van der Waals surface area contributed by atoms with Crippen LogP contribution in [0.15, 0.2) is 0 Å². The van der Waals surface area contributed by atoms with E-state index < -0.39 is 0 Å². The van der Waals surface area contributed by atoms with E-state index in [9.17, 15) is 10.1 Å². The van der Waals surface area contributed by atoms with Gasteiger partial charge in [-0.3, -0.25) is 10.1 Å². The summed E-state index contributed by atoms with van der Waals surface area (Å²) in [5.41, 5.74) is 0.923. The van der Waals surface area contributed by atoms with Crippen molar-refractivity contribution in [2.45, 2.75) is 26.2 Å². The van der Waals surface area contributed by atoms with Crippen molar-refractivity contribution in [2.75, 3.05) is 31.2 Å². The van der Waals surface area contributed by atoms with E-state index in [2.05, 4.69) is 10.00 Å². The number of nitro groups is 1. The van der Waals surface area contributed by atoms with Gasteiger partial charge in [-0.15, -0.1) is 0 Å². The zero-order chi connectivity index (χ0) is 14.3. The van der Waals surface area contributed by atoms with E-state index in [4.69, 9.17) is 4.74 Å². The van der Waals surface area contributed by atoms with Gasteiger partial charge in [-0.1, -0.05) is 6.92 Å². The van der Waals surface area contributed by atoms with Gasteiger partial charge in [-0.2, -0.15) is 5.10 Å². The molecule has 0 aliphatic carbocycles. The number of aromatic nitrogens is 2. The van der Waals surface area contributed by atoms with Gasteiger partial charge in [0.05, 0.1) is 11.5 Å². The molecule has 7 nitrogen and oxygen atoms in total. The van der Waals surface area contributed by atoms with Crippen molar-refractivity contribution >= 4 is 11.5 Å². The SMILES string of the molecule is CCc1nn(C)c(N2CCC3(CCOC3)C2)c1[N+](=O)[O-]. The number of hydrogen-bond donors (Lipinski definition) is 0. The molecule has 1 atom stereocenters. The summed E-state index contributed by atoms with van der Waals surface area (Å²) in [7, 11) is 1.79. The molecule has 1 aromatic rings. The molecule has 7 heteroatoms. The zero-order valence-electron chi connectivity index (χ0n) is 12.0. The van der Waals surface area contributed by atoms with Crippen LogP contribution in [0.2, 0.25) is 0 Å². The molecular weight excluding hydrogens is 260 g/mol. The molecule has 1 spiro atoms. The molecule has 2 fully saturated rings. The highest BCUT2D eigenvalue weighted by atomic mass is 16.6. The van der Waals surface area contributed by atoms with Crippen LogP contribution in [0.5, 0.6) is 0 Å². The Hall–Kier alpha value is -1.63. The third-order valence-electron chi connectivity index (χ3n) is 4.50. The quantitative estimate of drug-likeness (QED) is 0.620. The summed E-state index contributed by atoms with van der Waals surface area (Å²) in [6, 6.07) is 0. The highest BCUT2D eigenvalue weighted by Crippen LogP contribution is 2.42. The molecule has 1 aromatic heterocycles. The van der Waals surface area contributed by atoms with Crippen LogP contribution in [0.4, 0.5) is 11.5 Å². The van der Waals surface area contributed by atoms with Gasteiger partial charge in [0.1, 0.15) is 5.69 Å². The molecule has 0 saturated carbocycles. The Labute approximate surface area is 117 Å². The van der Waals surface area contributed by atoms with E-state index in [-0.39, 0.29) is 16.0 Å². The summed E-state index contributed by atoms with van der Waals surface area (Å²) < 4.78 is 7.18. The van der Waals surface area contributed by atoms with E-state index in [0.29, 0.717) is 17.9 Å². The van der Waals surface area contributed by atoms with E-state index in [0.717, 1.165) is 39.1 Å². The van der Waals surface area contributed by atoms with Crippen LogP contribution in [0.3, 0.4) is 0 Å². The Bertz CT molecular complexity index is 534. The third-order valence-corrected chi connectivity index (χ3v) is 4.50. The summed E-state index contributed by atoms with van der Waals surface area (Å²) in [5, 5.41) is 15.7. The molecule has 0 bridgehead atoms. The largest absolute Gasteiger partial charge is 0.381 e. The first-order valence-corrected chi connectivity index (χ1v) is 7.09. The number of nitrogens with zero attached hydrogens (tertiary/aromatic N) is 4. The molecule has 20 heavy (non-hydrogen) atoms. The molecule has 0 N–H and O–H groups in total. The number of rotatable bonds is 3. The van der Waals surface area contributed by atoms with Crippen molar-refractivity contribution in [3.05, 3.63) is 15.8 Å². The fourth-order valence-electron chi connectivity index (χ4n) is 3.43. The highest BCUT2D eigenvalue weighted by Gasteiger charge is 2.44. The number of hydrogen-bond acceptors (Lipinski definition) is 5. The summed E-state index contributed by atoms with van der Waals surface area (Å²) >= 11 is 0. The minimum Gasteiger partial charge on any atom is -0.381 e. The molecule has 2 aliphatic heterocycles. The number of aryl methyl sites for hydroxylation is 2. The smallest absolute Gasteiger partial charge is 0.334 e. The second kappa shape index (κ2) is 4.73. The van der Waals surface area contributed by atoms with Crippen LogP contribution >= 0.6 is 0 Å². The Morgan fingerprint density at radius 3 is 2.90 bits per heavy atom. The molecule has 3 rings (SSSR count). The maximum Gasteiger partial charge on any atom is 0.334 e. The summed E-state index contributed by atoms with van der Waals surface area (Å²) in [6.07, 6.45) is 2.67. The van der Waals surface area contributed by atoms with Gasteiger partial charge in [0, 0.05) is 32.2 Å².